The molecule has 0 aromatic heterocycles. The van der Waals surface area contributed by atoms with Crippen molar-refractivity contribution in [2.75, 3.05) is 19.1 Å². The number of allylic oxidation sites excluding steroid dienone is 2. The summed E-state index contributed by atoms with van der Waals surface area (Å²) in [5.41, 5.74) is 3.83. The van der Waals surface area contributed by atoms with E-state index in [0.29, 0.717) is 0 Å². The first-order valence-corrected chi connectivity index (χ1v) is 5.69. The molecular weight excluding hydrogens is 212 g/mol. The molecule has 1 aliphatic heterocycles. The first-order chi connectivity index (χ1) is 8.09. The summed E-state index contributed by atoms with van der Waals surface area (Å²) in [6.45, 7) is 4.45. The average molecular weight is 230 g/mol. The highest BCUT2D eigenvalue weighted by atomic mass is 16.6. The van der Waals surface area contributed by atoms with Crippen molar-refractivity contribution in [3.63, 3.8) is 0 Å². The summed E-state index contributed by atoms with van der Waals surface area (Å²) in [7, 11) is 3.63. The molecule has 0 radical (unpaired) electrons. The Kier molecular flexibility index (Phi) is 2.92. The largest absolute Gasteiger partial charge is 0.399 e. The maximum absolute atomic E-state index is 4.69. The van der Waals surface area contributed by atoms with Crippen LogP contribution in [0, 0.1) is 0 Å². The molecule has 0 aliphatic carbocycles. The number of hydrogen-bond donors (Lipinski definition) is 0. The van der Waals surface area contributed by atoms with Crippen LogP contribution in [-0.2, 0) is 10.3 Å². The Morgan fingerprint density at radius 2 is 2.00 bits per heavy atom. The standard InChI is InChI=1S/C14H18N2O/c1-14(2)11-7-5-6-8-12(11)16(3)13(14)9-10-15-17-4/h5-10H,1-4H3. The Bertz CT molecular complexity index is 475. The van der Waals surface area contributed by atoms with E-state index in [1.807, 2.05) is 6.08 Å². The lowest BCUT2D eigenvalue weighted by molar-refractivity contribution is 0.215. The molecule has 0 saturated heterocycles. The molecule has 1 aromatic rings. The summed E-state index contributed by atoms with van der Waals surface area (Å²) < 4.78 is 0. The molecule has 17 heavy (non-hydrogen) atoms. The van der Waals surface area contributed by atoms with E-state index in [4.69, 9.17) is 0 Å². The molecule has 3 heteroatoms. The van der Waals surface area contributed by atoms with Gasteiger partial charge in [-0.2, -0.15) is 0 Å². The van der Waals surface area contributed by atoms with Crippen molar-refractivity contribution in [1.82, 2.24) is 0 Å². The minimum atomic E-state index is 0.00506. The van der Waals surface area contributed by atoms with Gasteiger partial charge in [-0.1, -0.05) is 37.2 Å². The van der Waals surface area contributed by atoms with E-state index in [1.54, 1.807) is 13.3 Å². The van der Waals surface area contributed by atoms with Gasteiger partial charge in [0.05, 0.1) is 6.21 Å². The van der Waals surface area contributed by atoms with Gasteiger partial charge in [-0.25, -0.2) is 0 Å². The van der Waals surface area contributed by atoms with E-state index in [0.717, 1.165) is 0 Å². The third kappa shape index (κ3) is 1.82. The molecule has 0 amide bonds. The normalized spacial score (nSPS) is 20.0. The zero-order valence-electron chi connectivity index (χ0n) is 10.8. The van der Waals surface area contributed by atoms with E-state index >= 15 is 0 Å². The number of anilines is 1. The zero-order chi connectivity index (χ0) is 12.5. The smallest absolute Gasteiger partial charge is 0.106 e. The van der Waals surface area contributed by atoms with Crippen LogP contribution in [0.3, 0.4) is 0 Å². The fourth-order valence-corrected chi connectivity index (χ4v) is 2.46. The third-order valence-electron chi connectivity index (χ3n) is 3.34. The van der Waals surface area contributed by atoms with E-state index in [9.17, 15) is 0 Å². The van der Waals surface area contributed by atoms with Crippen LogP contribution < -0.4 is 4.90 Å². The highest BCUT2D eigenvalue weighted by Crippen LogP contribution is 2.46. The minimum Gasteiger partial charge on any atom is -0.399 e. The lowest BCUT2D eigenvalue weighted by atomic mass is 9.84. The van der Waals surface area contributed by atoms with E-state index < -0.39 is 0 Å². The number of hydrogen-bond acceptors (Lipinski definition) is 3. The Morgan fingerprint density at radius 3 is 2.65 bits per heavy atom. The number of benzene rings is 1. The molecule has 3 nitrogen and oxygen atoms in total. The summed E-state index contributed by atoms with van der Waals surface area (Å²) in [4.78, 5) is 6.89. The van der Waals surface area contributed by atoms with Crippen LogP contribution in [0.15, 0.2) is 41.2 Å². The molecule has 0 atom stereocenters. The van der Waals surface area contributed by atoms with Crippen molar-refractivity contribution < 1.29 is 4.84 Å². The molecule has 0 saturated carbocycles. The maximum atomic E-state index is 4.69. The molecule has 0 spiro atoms. The van der Waals surface area contributed by atoms with Crippen LogP contribution in [-0.4, -0.2) is 20.4 Å². The van der Waals surface area contributed by atoms with E-state index in [-0.39, 0.29) is 5.41 Å². The second-order valence-corrected chi connectivity index (χ2v) is 4.69. The van der Waals surface area contributed by atoms with Crippen molar-refractivity contribution in [3.8, 4) is 0 Å². The van der Waals surface area contributed by atoms with Crippen LogP contribution in [0.2, 0.25) is 0 Å². The molecular formula is C14H18N2O. The molecule has 90 valence electrons. The van der Waals surface area contributed by atoms with Gasteiger partial charge in [-0.05, 0) is 17.7 Å². The van der Waals surface area contributed by atoms with Gasteiger partial charge in [0.1, 0.15) is 7.11 Å². The molecule has 0 N–H and O–H groups in total. The monoisotopic (exact) mass is 230 g/mol. The highest BCUT2D eigenvalue weighted by molar-refractivity contribution is 5.78. The number of oxime groups is 1. The number of para-hydroxylation sites is 1. The third-order valence-corrected chi connectivity index (χ3v) is 3.34. The predicted octanol–water partition coefficient (Wildman–Crippen LogP) is 2.93. The maximum Gasteiger partial charge on any atom is 0.106 e. The number of nitrogens with zero attached hydrogens (tertiary/aromatic N) is 2. The van der Waals surface area contributed by atoms with Crippen LogP contribution in [0.25, 0.3) is 0 Å². The first-order valence-electron chi connectivity index (χ1n) is 5.69. The van der Waals surface area contributed by atoms with Crippen molar-refractivity contribution in [2.45, 2.75) is 19.3 Å². The average Bonchev–Trinajstić information content (AvgIpc) is 2.51. The molecule has 0 fully saturated rings. The topological polar surface area (TPSA) is 24.8 Å². The Balaban J connectivity index is 2.47. The SMILES string of the molecule is CON=CC=C1N(C)c2ccccc2C1(C)C. The minimum absolute atomic E-state index is 0.00506. The second kappa shape index (κ2) is 4.24. The zero-order valence-corrected chi connectivity index (χ0v) is 10.8. The fourth-order valence-electron chi connectivity index (χ4n) is 2.46. The van der Waals surface area contributed by atoms with Crippen molar-refractivity contribution >= 4 is 11.9 Å². The number of rotatable bonds is 2. The van der Waals surface area contributed by atoms with Gasteiger partial charge < -0.3 is 9.74 Å². The lowest BCUT2D eigenvalue weighted by Gasteiger charge is -2.23. The van der Waals surface area contributed by atoms with Crippen LogP contribution >= 0.6 is 0 Å². The summed E-state index contributed by atoms with van der Waals surface area (Å²) >= 11 is 0. The second-order valence-electron chi connectivity index (χ2n) is 4.69. The quantitative estimate of drug-likeness (QED) is 0.576. The Morgan fingerprint density at radius 1 is 1.29 bits per heavy atom. The van der Waals surface area contributed by atoms with Crippen molar-refractivity contribution in [1.29, 1.82) is 0 Å². The molecule has 1 heterocycles. The van der Waals surface area contributed by atoms with Crippen molar-refractivity contribution in [2.24, 2.45) is 5.16 Å². The first kappa shape index (κ1) is 11.7. The molecule has 1 aromatic carbocycles. The van der Waals surface area contributed by atoms with E-state index in [2.05, 4.69) is 60.1 Å². The van der Waals surface area contributed by atoms with Gasteiger partial charge in [-0.3, -0.25) is 0 Å². The van der Waals surface area contributed by atoms with Gasteiger partial charge in [-0.15, -0.1) is 0 Å². The Labute approximate surface area is 102 Å². The van der Waals surface area contributed by atoms with Crippen LogP contribution in [0.5, 0.6) is 0 Å². The molecule has 2 rings (SSSR count). The predicted molar refractivity (Wildman–Crippen MR) is 71.5 cm³/mol. The van der Waals surface area contributed by atoms with Gasteiger partial charge in [0.2, 0.25) is 0 Å². The van der Waals surface area contributed by atoms with Crippen molar-refractivity contribution in [3.05, 3.63) is 41.6 Å². The fraction of sp³-hybridized carbons (Fsp3) is 0.357. The molecule has 1 aliphatic rings. The van der Waals surface area contributed by atoms with Gasteiger partial charge in [0.25, 0.3) is 0 Å². The van der Waals surface area contributed by atoms with Crippen LogP contribution in [0.1, 0.15) is 19.4 Å². The summed E-state index contributed by atoms with van der Waals surface area (Å²) in [5.74, 6) is 0. The lowest BCUT2D eigenvalue weighted by Crippen LogP contribution is -2.23. The van der Waals surface area contributed by atoms with Gasteiger partial charge >= 0.3 is 0 Å². The number of fused-ring (bicyclic) bond motifs is 1. The summed E-state index contributed by atoms with van der Waals surface area (Å²) in [6, 6.07) is 8.48. The molecule has 0 bridgehead atoms. The van der Waals surface area contributed by atoms with Crippen LogP contribution in [0.4, 0.5) is 5.69 Å². The number of likely N-dealkylation sites (N-methyl/N-ethyl adjacent to an activating group) is 1. The Hall–Kier alpha value is -1.77. The summed E-state index contributed by atoms with van der Waals surface area (Å²) in [6.07, 6.45) is 3.70. The molecule has 0 unspecified atom stereocenters. The highest BCUT2D eigenvalue weighted by Gasteiger charge is 2.37. The van der Waals surface area contributed by atoms with Gasteiger partial charge in [0, 0.05) is 23.8 Å². The van der Waals surface area contributed by atoms with Gasteiger partial charge in [0.15, 0.2) is 0 Å². The summed E-state index contributed by atoms with van der Waals surface area (Å²) in [5, 5.41) is 3.77. The van der Waals surface area contributed by atoms with E-state index in [1.165, 1.54) is 16.9 Å².